The molecule has 1 amide bonds. The van der Waals surface area contributed by atoms with Crippen molar-refractivity contribution < 1.29 is 4.79 Å². The van der Waals surface area contributed by atoms with Gasteiger partial charge in [-0.15, -0.1) is 0 Å². The van der Waals surface area contributed by atoms with Gasteiger partial charge in [0.15, 0.2) is 0 Å². The molecule has 0 aliphatic heterocycles. The summed E-state index contributed by atoms with van der Waals surface area (Å²) in [5.41, 5.74) is 1.24. The maximum Gasteiger partial charge on any atom is 0.269 e. The minimum atomic E-state index is -0.202. The Morgan fingerprint density at radius 2 is 2.33 bits per heavy atom. The van der Waals surface area contributed by atoms with E-state index in [9.17, 15) is 4.79 Å². The summed E-state index contributed by atoms with van der Waals surface area (Å²) >= 11 is 0. The van der Waals surface area contributed by atoms with Crippen molar-refractivity contribution in [3.63, 3.8) is 0 Å². The van der Waals surface area contributed by atoms with E-state index in [4.69, 9.17) is 0 Å². The highest BCUT2D eigenvalue weighted by atomic mass is 16.1. The minimum Gasteiger partial charge on any atom is -0.388 e. The van der Waals surface area contributed by atoms with Gasteiger partial charge in [0.1, 0.15) is 17.8 Å². The van der Waals surface area contributed by atoms with E-state index >= 15 is 0 Å². The molecule has 18 heavy (non-hydrogen) atoms. The zero-order valence-corrected chi connectivity index (χ0v) is 9.97. The van der Waals surface area contributed by atoms with Crippen LogP contribution in [-0.4, -0.2) is 39.7 Å². The maximum atomic E-state index is 11.8. The van der Waals surface area contributed by atoms with E-state index in [0.29, 0.717) is 18.7 Å². The molecule has 3 N–H and O–H groups in total. The molecule has 0 aliphatic rings. The Labute approximate surface area is 104 Å². The lowest BCUT2D eigenvalue weighted by Gasteiger charge is -2.05. The quantitative estimate of drug-likeness (QED) is 0.701. The van der Waals surface area contributed by atoms with Crippen molar-refractivity contribution in [3.05, 3.63) is 36.2 Å². The number of nitrogens with zero attached hydrogens (tertiary/aromatic N) is 3. The van der Waals surface area contributed by atoms with Crippen molar-refractivity contribution in [2.75, 3.05) is 18.9 Å². The molecule has 2 aromatic heterocycles. The average Bonchev–Trinajstić information content (AvgIpc) is 2.92. The van der Waals surface area contributed by atoms with Gasteiger partial charge in [0.25, 0.3) is 5.91 Å². The number of hydrogen-bond acceptors (Lipinski definition) is 5. The number of carbonyl (C=O) groups is 1. The van der Waals surface area contributed by atoms with Crippen LogP contribution in [0.15, 0.2) is 24.7 Å². The van der Waals surface area contributed by atoms with E-state index in [1.807, 2.05) is 0 Å². The summed E-state index contributed by atoms with van der Waals surface area (Å²) in [6.45, 7) is 0.486. The minimum absolute atomic E-state index is 0.202. The maximum absolute atomic E-state index is 11.8. The first-order valence-corrected chi connectivity index (χ1v) is 5.56. The van der Waals surface area contributed by atoms with E-state index in [0.717, 1.165) is 11.5 Å². The number of nitrogens with one attached hydrogen (secondary N) is 3. The Hall–Kier alpha value is -2.44. The van der Waals surface area contributed by atoms with E-state index in [-0.39, 0.29) is 5.91 Å². The van der Waals surface area contributed by atoms with E-state index < -0.39 is 0 Å². The van der Waals surface area contributed by atoms with Crippen LogP contribution in [0.2, 0.25) is 0 Å². The van der Waals surface area contributed by atoms with E-state index in [2.05, 4.69) is 30.8 Å². The van der Waals surface area contributed by atoms with Gasteiger partial charge in [0.2, 0.25) is 0 Å². The van der Waals surface area contributed by atoms with Crippen LogP contribution in [0.4, 0.5) is 5.69 Å². The van der Waals surface area contributed by atoms with Gasteiger partial charge in [-0.3, -0.25) is 14.9 Å². The van der Waals surface area contributed by atoms with Crippen LogP contribution >= 0.6 is 0 Å². The number of aromatic nitrogens is 4. The van der Waals surface area contributed by atoms with Crippen LogP contribution in [0.3, 0.4) is 0 Å². The molecule has 7 heteroatoms. The molecule has 0 saturated carbocycles. The van der Waals surface area contributed by atoms with Gasteiger partial charge in [-0.1, -0.05) is 0 Å². The first kappa shape index (κ1) is 12.0. The fourth-order valence-electron chi connectivity index (χ4n) is 1.45. The number of anilines is 1. The van der Waals surface area contributed by atoms with Crippen LogP contribution in [0.5, 0.6) is 0 Å². The molecule has 7 nitrogen and oxygen atoms in total. The van der Waals surface area contributed by atoms with Gasteiger partial charge in [0.05, 0.1) is 0 Å². The molecular formula is C11H14N6O. The molecule has 0 radical (unpaired) electrons. The fraction of sp³-hybridized carbons (Fsp3) is 0.273. The van der Waals surface area contributed by atoms with Crippen molar-refractivity contribution in [2.45, 2.75) is 6.42 Å². The average molecular weight is 246 g/mol. The largest absolute Gasteiger partial charge is 0.388 e. The standard InChI is InChI=1S/C11H14N6O/c1-12-8-2-4-13-9(6-8)11(18)14-5-3-10-15-7-16-17-10/h2,4,6-7H,3,5H2,1H3,(H,12,13)(H,14,18)(H,15,16,17). The lowest BCUT2D eigenvalue weighted by Crippen LogP contribution is -2.26. The molecule has 94 valence electrons. The number of H-pyrrole nitrogens is 1. The summed E-state index contributed by atoms with van der Waals surface area (Å²) in [6, 6.07) is 3.50. The number of carbonyl (C=O) groups excluding carboxylic acids is 1. The van der Waals surface area contributed by atoms with Crippen LogP contribution in [0.1, 0.15) is 16.3 Å². The van der Waals surface area contributed by atoms with Gasteiger partial charge in [-0.05, 0) is 12.1 Å². The topological polar surface area (TPSA) is 95.6 Å². The second-order valence-electron chi connectivity index (χ2n) is 3.62. The molecule has 0 aliphatic carbocycles. The summed E-state index contributed by atoms with van der Waals surface area (Å²) in [5, 5.41) is 12.2. The third-order valence-corrected chi connectivity index (χ3v) is 2.39. The van der Waals surface area contributed by atoms with Gasteiger partial charge in [-0.25, -0.2) is 4.98 Å². The van der Waals surface area contributed by atoms with Crippen molar-refractivity contribution in [2.24, 2.45) is 0 Å². The molecule has 0 atom stereocenters. The Morgan fingerprint density at radius 1 is 1.44 bits per heavy atom. The number of hydrogen-bond donors (Lipinski definition) is 3. The zero-order chi connectivity index (χ0) is 12.8. The third-order valence-electron chi connectivity index (χ3n) is 2.39. The number of pyridine rings is 1. The van der Waals surface area contributed by atoms with Gasteiger partial charge in [-0.2, -0.15) is 5.10 Å². The summed E-state index contributed by atoms with van der Waals surface area (Å²) in [6.07, 6.45) is 3.64. The first-order chi connectivity index (χ1) is 8.79. The molecule has 2 heterocycles. The third kappa shape index (κ3) is 3.03. The summed E-state index contributed by atoms with van der Waals surface area (Å²) in [7, 11) is 1.79. The predicted molar refractivity (Wildman–Crippen MR) is 66.2 cm³/mol. The highest BCUT2D eigenvalue weighted by molar-refractivity contribution is 5.93. The van der Waals surface area contributed by atoms with Gasteiger partial charge < -0.3 is 10.6 Å². The molecule has 0 fully saturated rings. The highest BCUT2D eigenvalue weighted by Crippen LogP contribution is 2.06. The van der Waals surface area contributed by atoms with Crippen molar-refractivity contribution in [3.8, 4) is 0 Å². The van der Waals surface area contributed by atoms with E-state index in [1.165, 1.54) is 6.33 Å². The normalized spacial score (nSPS) is 10.1. The lowest BCUT2D eigenvalue weighted by molar-refractivity contribution is 0.0949. The van der Waals surface area contributed by atoms with E-state index in [1.54, 1.807) is 25.4 Å². The molecule has 0 unspecified atom stereocenters. The molecule has 0 bridgehead atoms. The van der Waals surface area contributed by atoms with Gasteiger partial charge >= 0.3 is 0 Å². The molecular weight excluding hydrogens is 232 g/mol. The molecule has 0 aromatic carbocycles. The second-order valence-corrected chi connectivity index (χ2v) is 3.62. The smallest absolute Gasteiger partial charge is 0.269 e. The van der Waals surface area contributed by atoms with Crippen molar-refractivity contribution in [1.29, 1.82) is 0 Å². The number of amides is 1. The van der Waals surface area contributed by atoms with Crippen LogP contribution in [-0.2, 0) is 6.42 Å². The Bertz CT molecular complexity index is 510. The van der Waals surface area contributed by atoms with Crippen LogP contribution in [0, 0.1) is 0 Å². The monoisotopic (exact) mass is 246 g/mol. The Kier molecular flexibility index (Phi) is 3.85. The van der Waals surface area contributed by atoms with Crippen LogP contribution in [0.25, 0.3) is 0 Å². The summed E-state index contributed by atoms with van der Waals surface area (Å²) in [4.78, 5) is 19.8. The number of aromatic amines is 1. The highest BCUT2D eigenvalue weighted by Gasteiger charge is 2.07. The Morgan fingerprint density at radius 3 is 3.06 bits per heavy atom. The summed E-state index contributed by atoms with van der Waals surface area (Å²) in [5.74, 6) is 0.541. The molecule has 0 spiro atoms. The molecule has 0 saturated heterocycles. The summed E-state index contributed by atoms with van der Waals surface area (Å²) < 4.78 is 0. The predicted octanol–water partition coefficient (Wildman–Crippen LogP) is 0.214. The van der Waals surface area contributed by atoms with Crippen molar-refractivity contribution in [1.82, 2.24) is 25.5 Å². The fourth-order valence-corrected chi connectivity index (χ4v) is 1.45. The zero-order valence-electron chi connectivity index (χ0n) is 9.97. The second kappa shape index (κ2) is 5.76. The number of rotatable bonds is 5. The SMILES string of the molecule is CNc1ccnc(C(=O)NCCc2ncn[nH]2)c1. The molecule has 2 aromatic rings. The first-order valence-electron chi connectivity index (χ1n) is 5.56. The van der Waals surface area contributed by atoms with Crippen LogP contribution < -0.4 is 10.6 Å². The van der Waals surface area contributed by atoms with Crippen molar-refractivity contribution >= 4 is 11.6 Å². The van der Waals surface area contributed by atoms with Gasteiger partial charge in [0, 0.05) is 31.9 Å². The molecule has 2 rings (SSSR count). The lowest BCUT2D eigenvalue weighted by atomic mass is 10.3. The Balaban J connectivity index is 1.87.